The molecule has 0 aromatic heterocycles. The van der Waals surface area contributed by atoms with Crippen molar-refractivity contribution in [3.05, 3.63) is 35.4 Å². The summed E-state index contributed by atoms with van der Waals surface area (Å²) in [6.45, 7) is 1.67. The Balaban J connectivity index is 2.94. The molecule has 0 unspecified atom stereocenters. The van der Waals surface area contributed by atoms with Gasteiger partial charge in [0.15, 0.2) is 0 Å². The highest BCUT2D eigenvalue weighted by Gasteiger charge is 2.30. The van der Waals surface area contributed by atoms with Crippen LogP contribution in [-0.2, 0) is 11.0 Å². The molecule has 0 saturated heterocycles. The lowest BCUT2D eigenvalue weighted by molar-refractivity contribution is -0.137. The molecule has 2 N–H and O–H groups in total. The van der Waals surface area contributed by atoms with Crippen molar-refractivity contribution in [1.29, 1.82) is 0 Å². The Hall–Kier alpha value is -1.52. The van der Waals surface area contributed by atoms with Crippen LogP contribution in [0.25, 0.3) is 0 Å². The van der Waals surface area contributed by atoms with Gasteiger partial charge in [-0.05, 0) is 17.5 Å². The van der Waals surface area contributed by atoms with E-state index in [1.165, 1.54) is 6.07 Å². The Labute approximate surface area is 91.3 Å². The van der Waals surface area contributed by atoms with E-state index in [0.717, 1.165) is 12.1 Å². The molecule has 0 aliphatic heterocycles. The predicted octanol–water partition coefficient (Wildman–Crippen LogP) is 2.68. The van der Waals surface area contributed by atoms with Gasteiger partial charge in [0.1, 0.15) is 0 Å². The summed E-state index contributed by atoms with van der Waals surface area (Å²) in [6, 6.07) is 4.94. The van der Waals surface area contributed by atoms with Crippen LogP contribution in [0, 0.1) is 0 Å². The van der Waals surface area contributed by atoms with Gasteiger partial charge in [0.2, 0.25) is 5.91 Å². The van der Waals surface area contributed by atoms with Crippen molar-refractivity contribution in [2.75, 3.05) is 0 Å². The number of amides is 1. The number of benzene rings is 1. The van der Waals surface area contributed by atoms with E-state index < -0.39 is 17.6 Å². The molecule has 0 radical (unpaired) electrons. The lowest BCUT2D eigenvalue weighted by atomic mass is 9.96. The summed E-state index contributed by atoms with van der Waals surface area (Å²) in [7, 11) is 0. The minimum atomic E-state index is -4.36. The first-order valence-corrected chi connectivity index (χ1v) is 4.76. The second kappa shape index (κ2) is 4.55. The van der Waals surface area contributed by atoms with E-state index in [1.807, 2.05) is 0 Å². The van der Waals surface area contributed by atoms with Crippen LogP contribution in [0.4, 0.5) is 13.2 Å². The van der Waals surface area contributed by atoms with Gasteiger partial charge >= 0.3 is 6.18 Å². The van der Waals surface area contributed by atoms with Crippen LogP contribution in [0.2, 0.25) is 0 Å². The maximum atomic E-state index is 12.4. The molecule has 1 atom stereocenters. The van der Waals surface area contributed by atoms with E-state index in [9.17, 15) is 18.0 Å². The number of carbonyl (C=O) groups excluding carboxylic acids is 1. The van der Waals surface area contributed by atoms with E-state index in [4.69, 9.17) is 5.73 Å². The van der Waals surface area contributed by atoms with E-state index in [2.05, 4.69) is 0 Å². The number of alkyl halides is 3. The molecule has 1 rings (SSSR count). The highest BCUT2D eigenvalue weighted by Crippen LogP contribution is 2.31. The van der Waals surface area contributed by atoms with Gasteiger partial charge in [-0.15, -0.1) is 0 Å². The Morgan fingerprint density at radius 1 is 1.44 bits per heavy atom. The molecule has 88 valence electrons. The fourth-order valence-electron chi connectivity index (χ4n) is 1.44. The molecule has 0 bridgehead atoms. The van der Waals surface area contributed by atoms with Gasteiger partial charge in [0, 0.05) is 6.42 Å². The van der Waals surface area contributed by atoms with Gasteiger partial charge in [-0.2, -0.15) is 13.2 Å². The monoisotopic (exact) mass is 231 g/mol. The average molecular weight is 231 g/mol. The summed E-state index contributed by atoms with van der Waals surface area (Å²) in [5, 5.41) is 0. The Bertz CT molecular complexity index is 387. The Morgan fingerprint density at radius 2 is 2.06 bits per heavy atom. The summed E-state index contributed by atoms with van der Waals surface area (Å²) in [6.07, 6.45) is -4.32. The van der Waals surface area contributed by atoms with Crippen molar-refractivity contribution in [1.82, 2.24) is 0 Å². The third-order valence-corrected chi connectivity index (χ3v) is 2.29. The molecule has 0 aliphatic carbocycles. The molecular weight excluding hydrogens is 219 g/mol. The number of rotatable bonds is 3. The number of primary amides is 1. The first-order valence-electron chi connectivity index (χ1n) is 4.76. The summed E-state index contributed by atoms with van der Waals surface area (Å²) < 4.78 is 37.2. The largest absolute Gasteiger partial charge is 0.416 e. The fourth-order valence-corrected chi connectivity index (χ4v) is 1.44. The summed E-state index contributed by atoms with van der Waals surface area (Å²) >= 11 is 0. The van der Waals surface area contributed by atoms with E-state index in [-0.39, 0.29) is 12.3 Å². The average Bonchev–Trinajstić information content (AvgIpc) is 2.15. The lowest BCUT2D eigenvalue weighted by Crippen LogP contribution is -2.14. The summed E-state index contributed by atoms with van der Waals surface area (Å²) in [5.74, 6) is -0.829. The third kappa shape index (κ3) is 3.25. The first kappa shape index (κ1) is 12.5. The van der Waals surface area contributed by atoms with Crippen molar-refractivity contribution in [2.45, 2.75) is 25.4 Å². The molecule has 2 nitrogen and oxygen atoms in total. The highest BCUT2D eigenvalue weighted by molar-refractivity contribution is 5.74. The summed E-state index contributed by atoms with van der Waals surface area (Å²) in [5.41, 5.74) is 4.75. The molecule has 16 heavy (non-hydrogen) atoms. The number of hydrogen-bond acceptors (Lipinski definition) is 1. The fraction of sp³-hybridized carbons (Fsp3) is 0.364. The van der Waals surface area contributed by atoms with Crippen molar-refractivity contribution >= 4 is 5.91 Å². The van der Waals surface area contributed by atoms with E-state index >= 15 is 0 Å². The maximum absolute atomic E-state index is 12.4. The normalized spacial score (nSPS) is 13.5. The van der Waals surface area contributed by atoms with Gasteiger partial charge < -0.3 is 5.73 Å². The SMILES string of the molecule is C[C@@H](CC(N)=O)c1cccc(C(F)(F)F)c1. The summed E-state index contributed by atoms with van der Waals surface area (Å²) in [4.78, 5) is 10.7. The van der Waals surface area contributed by atoms with E-state index in [0.29, 0.717) is 5.56 Å². The molecule has 0 fully saturated rings. The number of nitrogens with two attached hydrogens (primary N) is 1. The van der Waals surface area contributed by atoms with Gasteiger partial charge in [0.25, 0.3) is 0 Å². The van der Waals surface area contributed by atoms with Gasteiger partial charge in [-0.25, -0.2) is 0 Å². The predicted molar refractivity (Wildman–Crippen MR) is 53.7 cm³/mol. The van der Waals surface area contributed by atoms with Crippen molar-refractivity contribution in [3.63, 3.8) is 0 Å². The van der Waals surface area contributed by atoms with Crippen LogP contribution in [-0.4, -0.2) is 5.91 Å². The van der Waals surface area contributed by atoms with Gasteiger partial charge in [-0.1, -0.05) is 25.1 Å². The second-order valence-electron chi connectivity index (χ2n) is 3.69. The molecule has 5 heteroatoms. The number of halogens is 3. The van der Waals surface area contributed by atoms with E-state index in [1.54, 1.807) is 13.0 Å². The minimum absolute atomic E-state index is 0.0430. The quantitative estimate of drug-likeness (QED) is 0.853. The third-order valence-electron chi connectivity index (χ3n) is 2.29. The number of carbonyl (C=O) groups is 1. The molecular formula is C11H12F3NO. The molecule has 1 amide bonds. The van der Waals surface area contributed by atoms with Crippen LogP contribution < -0.4 is 5.73 Å². The van der Waals surface area contributed by atoms with Crippen LogP contribution >= 0.6 is 0 Å². The number of hydrogen-bond donors (Lipinski definition) is 1. The van der Waals surface area contributed by atoms with Gasteiger partial charge in [0.05, 0.1) is 5.56 Å². The topological polar surface area (TPSA) is 43.1 Å². The van der Waals surface area contributed by atoms with Crippen LogP contribution in [0.15, 0.2) is 24.3 Å². The van der Waals surface area contributed by atoms with Crippen LogP contribution in [0.3, 0.4) is 0 Å². The first-order chi connectivity index (χ1) is 7.30. The van der Waals surface area contributed by atoms with Crippen molar-refractivity contribution in [3.8, 4) is 0 Å². The highest BCUT2D eigenvalue weighted by atomic mass is 19.4. The standard InChI is InChI=1S/C11H12F3NO/c1-7(5-10(15)16)8-3-2-4-9(6-8)11(12,13)14/h2-4,6-7H,5H2,1H3,(H2,15,16)/t7-/m0/s1. The van der Waals surface area contributed by atoms with Crippen molar-refractivity contribution in [2.24, 2.45) is 5.73 Å². The molecule has 0 saturated carbocycles. The maximum Gasteiger partial charge on any atom is 0.416 e. The second-order valence-corrected chi connectivity index (χ2v) is 3.69. The molecule has 0 aliphatic rings. The van der Waals surface area contributed by atoms with Crippen LogP contribution in [0.1, 0.15) is 30.4 Å². The lowest BCUT2D eigenvalue weighted by Gasteiger charge is -2.12. The minimum Gasteiger partial charge on any atom is -0.370 e. The Kier molecular flexibility index (Phi) is 3.57. The zero-order valence-corrected chi connectivity index (χ0v) is 8.71. The Morgan fingerprint density at radius 3 is 2.56 bits per heavy atom. The molecule has 0 spiro atoms. The molecule has 1 aromatic rings. The zero-order valence-electron chi connectivity index (χ0n) is 8.71. The van der Waals surface area contributed by atoms with Crippen LogP contribution in [0.5, 0.6) is 0 Å². The zero-order chi connectivity index (χ0) is 12.3. The molecule has 0 heterocycles. The molecule has 1 aromatic carbocycles. The van der Waals surface area contributed by atoms with Gasteiger partial charge in [-0.3, -0.25) is 4.79 Å². The van der Waals surface area contributed by atoms with Crippen molar-refractivity contribution < 1.29 is 18.0 Å². The smallest absolute Gasteiger partial charge is 0.370 e.